The Bertz CT molecular complexity index is 540. The fourth-order valence-electron chi connectivity index (χ4n) is 3.80. The molecule has 1 amide bonds. The molecule has 24 heavy (non-hydrogen) atoms. The molecule has 2 aliphatic heterocycles. The third kappa shape index (κ3) is 4.08. The van der Waals surface area contributed by atoms with Crippen molar-refractivity contribution < 1.29 is 9.53 Å². The van der Waals surface area contributed by atoms with Crippen molar-refractivity contribution in [1.82, 2.24) is 15.1 Å². The molecule has 0 radical (unpaired) electrons. The minimum Gasteiger partial charge on any atom is -0.497 e. The number of piperazine rings is 1. The van der Waals surface area contributed by atoms with E-state index in [2.05, 4.69) is 27.2 Å². The highest BCUT2D eigenvalue weighted by Gasteiger charge is 2.32. The van der Waals surface area contributed by atoms with E-state index in [0.29, 0.717) is 11.9 Å². The topological polar surface area (TPSA) is 44.8 Å². The van der Waals surface area contributed by atoms with Gasteiger partial charge in [-0.1, -0.05) is 19.1 Å². The fraction of sp³-hybridized carbons (Fsp3) is 0.632. The number of carbonyl (C=O) groups excluding carboxylic acids is 1. The molecule has 0 aromatic heterocycles. The van der Waals surface area contributed by atoms with Crippen LogP contribution >= 0.6 is 0 Å². The molecule has 1 aromatic rings. The normalized spacial score (nSPS) is 23.2. The SMILES string of the molecule is COc1ccc(CC(C)C(=O)N2CCC(N3CCNCC3)C2)cc1. The molecule has 2 fully saturated rings. The molecule has 2 saturated heterocycles. The average Bonchev–Trinajstić information content (AvgIpc) is 3.12. The van der Waals surface area contributed by atoms with Crippen LogP contribution in [-0.2, 0) is 11.2 Å². The molecule has 2 aliphatic rings. The zero-order chi connectivity index (χ0) is 16.9. The van der Waals surface area contributed by atoms with Crippen LogP contribution in [0, 0.1) is 5.92 Å². The summed E-state index contributed by atoms with van der Waals surface area (Å²) in [6.45, 7) is 8.19. The predicted octanol–water partition coefficient (Wildman–Crippen LogP) is 1.38. The molecule has 2 atom stereocenters. The largest absolute Gasteiger partial charge is 0.497 e. The van der Waals surface area contributed by atoms with Gasteiger partial charge in [-0.05, 0) is 30.5 Å². The van der Waals surface area contributed by atoms with Crippen LogP contribution in [0.5, 0.6) is 5.75 Å². The highest BCUT2D eigenvalue weighted by atomic mass is 16.5. The zero-order valence-electron chi connectivity index (χ0n) is 14.8. The molecule has 3 rings (SSSR count). The van der Waals surface area contributed by atoms with Gasteiger partial charge in [0, 0.05) is 51.2 Å². The second-order valence-corrected chi connectivity index (χ2v) is 6.97. The number of likely N-dealkylation sites (tertiary alicyclic amines) is 1. The fourth-order valence-corrected chi connectivity index (χ4v) is 3.80. The van der Waals surface area contributed by atoms with Crippen molar-refractivity contribution in [2.24, 2.45) is 5.92 Å². The number of carbonyl (C=O) groups is 1. The summed E-state index contributed by atoms with van der Waals surface area (Å²) in [5.41, 5.74) is 1.19. The zero-order valence-corrected chi connectivity index (χ0v) is 14.8. The van der Waals surface area contributed by atoms with E-state index in [1.54, 1.807) is 7.11 Å². The summed E-state index contributed by atoms with van der Waals surface area (Å²) in [6.07, 6.45) is 1.90. The van der Waals surface area contributed by atoms with Gasteiger partial charge in [-0.15, -0.1) is 0 Å². The van der Waals surface area contributed by atoms with Gasteiger partial charge in [-0.3, -0.25) is 9.69 Å². The molecule has 0 aliphatic carbocycles. The van der Waals surface area contributed by atoms with Crippen molar-refractivity contribution in [3.8, 4) is 5.75 Å². The minimum atomic E-state index is 0.0279. The summed E-state index contributed by atoms with van der Waals surface area (Å²) in [6, 6.07) is 8.57. The van der Waals surface area contributed by atoms with Crippen molar-refractivity contribution in [3.05, 3.63) is 29.8 Å². The second kappa shape index (κ2) is 7.99. The molecule has 5 heteroatoms. The Labute approximate surface area is 145 Å². The molecular weight excluding hydrogens is 302 g/mol. The van der Waals surface area contributed by atoms with Crippen molar-refractivity contribution in [3.63, 3.8) is 0 Å². The van der Waals surface area contributed by atoms with E-state index in [4.69, 9.17) is 4.74 Å². The standard InChI is InChI=1S/C19H29N3O2/c1-15(13-16-3-5-18(24-2)6-4-16)19(23)22-10-7-17(14-22)21-11-8-20-9-12-21/h3-6,15,17,20H,7-14H2,1-2H3. The Kier molecular flexibility index (Phi) is 5.74. The van der Waals surface area contributed by atoms with E-state index in [1.807, 2.05) is 19.1 Å². The van der Waals surface area contributed by atoms with Crippen LogP contribution < -0.4 is 10.1 Å². The Morgan fingerprint density at radius 2 is 1.96 bits per heavy atom. The summed E-state index contributed by atoms with van der Waals surface area (Å²) in [4.78, 5) is 17.4. The molecule has 1 N–H and O–H groups in total. The van der Waals surface area contributed by atoms with Crippen LogP contribution in [0.4, 0.5) is 0 Å². The Balaban J connectivity index is 1.51. The van der Waals surface area contributed by atoms with Crippen LogP contribution in [0.15, 0.2) is 24.3 Å². The van der Waals surface area contributed by atoms with E-state index < -0.39 is 0 Å². The van der Waals surface area contributed by atoms with Crippen LogP contribution in [0.1, 0.15) is 18.9 Å². The van der Waals surface area contributed by atoms with Gasteiger partial charge in [0.15, 0.2) is 0 Å². The molecule has 0 spiro atoms. The lowest BCUT2D eigenvalue weighted by Gasteiger charge is -2.32. The first-order valence-corrected chi connectivity index (χ1v) is 9.04. The van der Waals surface area contributed by atoms with Crippen molar-refractivity contribution >= 4 is 5.91 Å². The number of amides is 1. The molecular formula is C19H29N3O2. The van der Waals surface area contributed by atoms with Gasteiger partial charge in [0.05, 0.1) is 7.11 Å². The maximum absolute atomic E-state index is 12.8. The van der Waals surface area contributed by atoms with E-state index in [9.17, 15) is 4.79 Å². The lowest BCUT2D eigenvalue weighted by Crippen LogP contribution is -2.49. The number of ether oxygens (including phenoxy) is 1. The third-order valence-corrected chi connectivity index (χ3v) is 5.27. The maximum Gasteiger partial charge on any atom is 0.225 e. The Morgan fingerprint density at radius 3 is 2.62 bits per heavy atom. The van der Waals surface area contributed by atoms with E-state index in [1.165, 1.54) is 5.56 Å². The molecule has 5 nitrogen and oxygen atoms in total. The number of hydrogen-bond acceptors (Lipinski definition) is 4. The van der Waals surface area contributed by atoms with Crippen molar-refractivity contribution in [1.29, 1.82) is 0 Å². The molecule has 1 aromatic carbocycles. The van der Waals surface area contributed by atoms with E-state index >= 15 is 0 Å². The maximum atomic E-state index is 12.8. The van der Waals surface area contributed by atoms with Crippen molar-refractivity contribution in [2.75, 3.05) is 46.4 Å². The van der Waals surface area contributed by atoms with Crippen LogP contribution in [-0.4, -0.2) is 68.1 Å². The first kappa shape index (κ1) is 17.2. The monoisotopic (exact) mass is 331 g/mol. The summed E-state index contributed by atoms with van der Waals surface area (Å²) in [5, 5.41) is 3.39. The summed E-state index contributed by atoms with van der Waals surface area (Å²) in [5.74, 6) is 1.18. The molecule has 2 heterocycles. The number of nitrogens with zero attached hydrogens (tertiary/aromatic N) is 2. The van der Waals surface area contributed by atoms with Gasteiger partial charge < -0.3 is 15.0 Å². The smallest absolute Gasteiger partial charge is 0.225 e. The molecule has 132 valence electrons. The Hall–Kier alpha value is -1.59. The van der Waals surface area contributed by atoms with E-state index in [-0.39, 0.29) is 5.92 Å². The number of methoxy groups -OCH3 is 1. The number of hydrogen-bond donors (Lipinski definition) is 1. The quantitative estimate of drug-likeness (QED) is 0.885. The van der Waals surface area contributed by atoms with Gasteiger partial charge in [-0.2, -0.15) is 0 Å². The highest BCUT2D eigenvalue weighted by Crippen LogP contribution is 2.21. The third-order valence-electron chi connectivity index (χ3n) is 5.27. The van der Waals surface area contributed by atoms with Gasteiger partial charge in [0.1, 0.15) is 5.75 Å². The predicted molar refractivity (Wildman–Crippen MR) is 95.3 cm³/mol. The number of rotatable bonds is 5. The van der Waals surface area contributed by atoms with Gasteiger partial charge in [0.2, 0.25) is 5.91 Å². The highest BCUT2D eigenvalue weighted by molar-refractivity contribution is 5.79. The number of nitrogens with one attached hydrogen (secondary N) is 1. The van der Waals surface area contributed by atoms with Gasteiger partial charge in [0.25, 0.3) is 0 Å². The summed E-state index contributed by atoms with van der Waals surface area (Å²) < 4.78 is 5.19. The van der Waals surface area contributed by atoms with E-state index in [0.717, 1.165) is 57.9 Å². The van der Waals surface area contributed by atoms with Gasteiger partial charge in [-0.25, -0.2) is 0 Å². The number of benzene rings is 1. The first-order chi connectivity index (χ1) is 11.7. The lowest BCUT2D eigenvalue weighted by atomic mass is 10.00. The minimum absolute atomic E-state index is 0.0279. The van der Waals surface area contributed by atoms with Crippen LogP contribution in [0.2, 0.25) is 0 Å². The van der Waals surface area contributed by atoms with Crippen LogP contribution in [0.3, 0.4) is 0 Å². The molecule has 0 saturated carbocycles. The average molecular weight is 331 g/mol. The summed E-state index contributed by atoms with van der Waals surface area (Å²) >= 11 is 0. The second-order valence-electron chi connectivity index (χ2n) is 6.97. The lowest BCUT2D eigenvalue weighted by molar-refractivity contribution is -0.134. The molecule has 2 unspecified atom stereocenters. The Morgan fingerprint density at radius 1 is 1.25 bits per heavy atom. The molecule has 0 bridgehead atoms. The van der Waals surface area contributed by atoms with Crippen molar-refractivity contribution in [2.45, 2.75) is 25.8 Å². The first-order valence-electron chi connectivity index (χ1n) is 9.04. The van der Waals surface area contributed by atoms with Gasteiger partial charge >= 0.3 is 0 Å². The summed E-state index contributed by atoms with van der Waals surface area (Å²) in [7, 11) is 1.67. The van der Waals surface area contributed by atoms with Crippen LogP contribution in [0.25, 0.3) is 0 Å².